The Balaban J connectivity index is 2.91. The average molecular weight is 258 g/mol. The summed E-state index contributed by atoms with van der Waals surface area (Å²) in [5.74, 6) is 0.704. The van der Waals surface area contributed by atoms with E-state index in [1.165, 1.54) is 4.31 Å². The molecule has 96 valence electrons. The van der Waals surface area contributed by atoms with Gasteiger partial charge in [-0.25, -0.2) is 8.42 Å². The van der Waals surface area contributed by atoms with E-state index < -0.39 is 10.0 Å². The maximum atomic E-state index is 11.9. The zero-order chi connectivity index (χ0) is 12.9. The molecule has 1 aromatic rings. The number of hydrogen-bond acceptors (Lipinski definition) is 4. The van der Waals surface area contributed by atoms with Gasteiger partial charge in [-0.15, -0.1) is 0 Å². The van der Waals surface area contributed by atoms with E-state index in [1.54, 1.807) is 45.5 Å². The monoisotopic (exact) mass is 258 g/mol. The van der Waals surface area contributed by atoms with E-state index in [2.05, 4.69) is 5.32 Å². The van der Waals surface area contributed by atoms with Crippen LogP contribution in [0.1, 0.15) is 0 Å². The van der Waals surface area contributed by atoms with Gasteiger partial charge in [-0.05, 0) is 19.2 Å². The minimum atomic E-state index is -3.29. The number of hydrogen-bond donors (Lipinski definition) is 1. The third-order valence-corrected chi connectivity index (χ3v) is 4.21. The molecule has 1 aromatic carbocycles. The Morgan fingerprint density at radius 1 is 1.41 bits per heavy atom. The Morgan fingerprint density at radius 3 is 2.71 bits per heavy atom. The van der Waals surface area contributed by atoms with Gasteiger partial charge in [-0.1, -0.05) is 6.07 Å². The minimum Gasteiger partial charge on any atom is -0.497 e. The summed E-state index contributed by atoms with van der Waals surface area (Å²) < 4.78 is 30.2. The molecule has 0 atom stereocenters. The van der Waals surface area contributed by atoms with Crippen molar-refractivity contribution in [3.05, 3.63) is 24.3 Å². The van der Waals surface area contributed by atoms with E-state index in [9.17, 15) is 8.42 Å². The predicted molar refractivity (Wildman–Crippen MR) is 69.1 cm³/mol. The standard InChI is InChI=1S/C11H18N2O3S/c1-12-7-8-17(14,15)13(2)10-5-4-6-11(9-10)16-3/h4-6,9,12H,7-8H2,1-3H3. The van der Waals surface area contributed by atoms with Gasteiger partial charge < -0.3 is 10.1 Å². The fourth-order valence-corrected chi connectivity index (χ4v) is 2.51. The minimum absolute atomic E-state index is 0.0667. The van der Waals surface area contributed by atoms with Crippen molar-refractivity contribution in [1.82, 2.24) is 5.32 Å². The lowest BCUT2D eigenvalue weighted by molar-refractivity contribution is 0.415. The first-order valence-corrected chi connectivity index (χ1v) is 6.87. The van der Waals surface area contributed by atoms with Crippen molar-refractivity contribution < 1.29 is 13.2 Å². The maximum Gasteiger partial charge on any atom is 0.236 e. The Hall–Kier alpha value is -1.27. The average Bonchev–Trinajstić information content (AvgIpc) is 2.35. The summed E-state index contributed by atoms with van der Waals surface area (Å²) in [5.41, 5.74) is 0.598. The summed E-state index contributed by atoms with van der Waals surface area (Å²) in [7, 11) is 1.53. The number of ether oxygens (including phenoxy) is 1. The molecular formula is C11H18N2O3S. The fraction of sp³-hybridized carbons (Fsp3) is 0.455. The molecule has 0 saturated heterocycles. The first-order valence-electron chi connectivity index (χ1n) is 5.26. The molecule has 6 heteroatoms. The lowest BCUT2D eigenvalue weighted by Crippen LogP contribution is -2.32. The van der Waals surface area contributed by atoms with Crippen molar-refractivity contribution in [1.29, 1.82) is 0 Å². The van der Waals surface area contributed by atoms with Crippen molar-refractivity contribution in [2.24, 2.45) is 0 Å². The van der Waals surface area contributed by atoms with Crippen molar-refractivity contribution >= 4 is 15.7 Å². The van der Waals surface area contributed by atoms with Crippen molar-refractivity contribution in [2.45, 2.75) is 0 Å². The zero-order valence-electron chi connectivity index (χ0n) is 10.3. The highest BCUT2D eigenvalue weighted by Crippen LogP contribution is 2.21. The molecule has 1 rings (SSSR count). The molecule has 0 radical (unpaired) electrons. The third-order valence-electron chi connectivity index (χ3n) is 2.44. The Kier molecular flexibility index (Phi) is 4.77. The molecule has 0 fully saturated rings. The first-order chi connectivity index (χ1) is 8.01. The summed E-state index contributed by atoms with van der Waals surface area (Å²) in [6.45, 7) is 0.427. The van der Waals surface area contributed by atoms with E-state index >= 15 is 0 Å². The van der Waals surface area contributed by atoms with Gasteiger partial charge in [0.15, 0.2) is 0 Å². The van der Waals surface area contributed by atoms with Gasteiger partial charge in [0.2, 0.25) is 10.0 Å². The van der Waals surface area contributed by atoms with E-state index in [0.29, 0.717) is 18.0 Å². The van der Waals surface area contributed by atoms with Crippen LogP contribution in [0.5, 0.6) is 5.75 Å². The number of rotatable bonds is 6. The Bertz CT molecular complexity index is 460. The lowest BCUT2D eigenvalue weighted by atomic mass is 10.3. The molecule has 0 aliphatic rings. The van der Waals surface area contributed by atoms with Gasteiger partial charge in [0.1, 0.15) is 5.75 Å². The molecule has 0 heterocycles. The molecule has 17 heavy (non-hydrogen) atoms. The van der Waals surface area contributed by atoms with E-state index in [1.807, 2.05) is 0 Å². The van der Waals surface area contributed by atoms with Crippen molar-refractivity contribution in [3.63, 3.8) is 0 Å². The summed E-state index contributed by atoms with van der Waals surface area (Å²) in [6.07, 6.45) is 0. The SMILES string of the molecule is CNCCS(=O)(=O)N(C)c1cccc(OC)c1. The third kappa shape index (κ3) is 3.61. The number of benzene rings is 1. The molecule has 5 nitrogen and oxygen atoms in total. The second kappa shape index (κ2) is 5.88. The van der Waals surface area contributed by atoms with E-state index in [-0.39, 0.29) is 5.75 Å². The zero-order valence-corrected chi connectivity index (χ0v) is 11.1. The molecule has 0 aromatic heterocycles. The van der Waals surface area contributed by atoms with Crippen LogP contribution in [0.3, 0.4) is 0 Å². The number of methoxy groups -OCH3 is 1. The molecule has 0 aliphatic carbocycles. The van der Waals surface area contributed by atoms with Gasteiger partial charge in [-0.2, -0.15) is 0 Å². The van der Waals surface area contributed by atoms with Crippen LogP contribution in [0.25, 0.3) is 0 Å². The largest absolute Gasteiger partial charge is 0.497 e. The molecule has 0 bridgehead atoms. The molecule has 0 unspecified atom stereocenters. The van der Waals surface area contributed by atoms with Crippen LogP contribution in [0.15, 0.2) is 24.3 Å². The van der Waals surface area contributed by atoms with Crippen LogP contribution < -0.4 is 14.4 Å². The summed E-state index contributed by atoms with van der Waals surface area (Å²) in [5, 5.41) is 2.82. The highest BCUT2D eigenvalue weighted by atomic mass is 32.2. The van der Waals surface area contributed by atoms with Gasteiger partial charge in [0, 0.05) is 19.7 Å². The van der Waals surface area contributed by atoms with Gasteiger partial charge in [0.25, 0.3) is 0 Å². The van der Waals surface area contributed by atoms with Crippen LogP contribution in [-0.2, 0) is 10.0 Å². The number of sulfonamides is 1. The van der Waals surface area contributed by atoms with Crippen molar-refractivity contribution in [3.8, 4) is 5.75 Å². The fourth-order valence-electron chi connectivity index (χ4n) is 1.33. The number of nitrogens with one attached hydrogen (secondary N) is 1. The molecule has 0 amide bonds. The van der Waals surface area contributed by atoms with Gasteiger partial charge in [-0.3, -0.25) is 4.31 Å². The molecule has 1 N–H and O–H groups in total. The molecule has 0 spiro atoms. The van der Waals surface area contributed by atoms with Gasteiger partial charge in [0.05, 0.1) is 18.6 Å². The van der Waals surface area contributed by atoms with Crippen LogP contribution in [0.2, 0.25) is 0 Å². The molecular weight excluding hydrogens is 240 g/mol. The summed E-state index contributed by atoms with van der Waals surface area (Å²) in [6, 6.07) is 6.96. The highest BCUT2D eigenvalue weighted by molar-refractivity contribution is 7.92. The van der Waals surface area contributed by atoms with E-state index in [4.69, 9.17) is 4.74 Å². The quantitative estimate of drug-likeness (QED) is 0.815. The molecule has 0 aliphatic heterocycles. The lowest BCUT2D eigenvalue weighted by Gasteiger charge is -2.19. The number of anilines is 1. The number of nitrogens with zero attached hydrogens (tertiary/aromatic N) is 1. The Morgan fingerprint density at radius 2 is 2.12 bits per heavy atom. The highest BCUT2D eigenvalue weighted by Gasteiger charge is 2.17. The second-order valence-corrected chi connectivity index (χ2v) is 5.71. The van der Waals surface area contributed by atoms with Crippen LogP contribution >= 0.6 is 0 Å². The summed E-state index contributed by atoms with van der Waals surface area (Å²) in [4.78, 5) is 0. The van der Waals surface area contributed by atoms with Crippen molar-refractivity contribution in [2.75, 3.05) is 37.8 Å². The predicted octanol–water partition coefficient (Wildman–Crippen LogP) is 0.681. The van der Waals surface area contributed by atoms with Gasteiger partial charge >= 0.3 is 0 Å². The topological polar surface area (TPSA) is 58.6 Å². The Labute approximate surface area is 102 Å². The maximum absolute atomic E-state index is 11.9. The first kappa shape index (κ1) is 13.8. The van der Waals surface area contributed by atoms with Crippen LogP contribution in [-0.4, -0.2) is 41.9 Å². The second-order valence-electron chi connectivity index (χ2n) is 3.59. The molecule has 0 saturated carbocycles. The normalized spacial score (nSPS) is 11.2. The summed E-state index contributed by atoms with van der Waals surface area (Å²) >= 11 is 0. The smallest absolute Gasteiger partial charge is 0.236 e. The van der Waals surface area contributed by atoms with E-state index in [0.717, 1.165) is 0 Å². The van der Waals surface area contributed by atoms with Crippen LogP contribution in [0, 0.1) is 0 Å². The van der Waals surface area contributed by atoms with Crippen LogP contribution in [0.4, 0.5) is 5.69 Å².